The van der Waals surface area contributed by atoms with Crippen LogP contribution in [0.1, 0.15) is 28.3 Å². The van der Waals surface area contributed by atoms with E-state index in [9.17, 15) is 9.59 Å². The van der Waals surface area contributed by atoms with Crippen molar-refractivity contribution < 1.29 is 27.9 Å². The Balaban J connectivity index is 1.50. The minimum atomic E-state index is -0.533. The van der Waals surface area contributed by atoms with Gasteiger partial charge in [-0.3, -0.25) is 4.79 Å². The average Bonchev–Trinajstić information content (AvgIpc) is 3.34. The van der Waals surface area contributed by atoms with Crippen LogP contribution >= 0.6 is 0 Å². The lowest BCUT2D eigenvalue weighted by Crippen LogP contribution is -2.08. The highest BCUT2D eigenvalue weighted by Crippen LogP contribution is 2.22. The number of hydrogen-bond donors (Lipinski definition) is 0. The normalized spacial score (nSPS) is 10.5. The Hall–Kier alpha value is -3.28. The maximum atomic E-state index is 11.9. The summed E-state index contributed by atoms with van der Waals surface area (Å²) in [5.41, 5.74) is 1.23. The Labute approximate surface area is 150 Å². The summed E-state index contributed by atoms with van der Waals surface area (Å²) in [6.45, 7) is -0.121. The summed E-state index contributed by atoms with van der Waals surface area (Å²) < 4.78 is 20.7. The van der Waals surface area contributed by atoms with Crippen LogP contribution in [-0.2, 0) is 27.3 Å². The maximum absolute atomic E-state index is 11.9. The molecule has 0 aliphatic heterocycles. The number of carbonyl (C=O) groups excluding carboxylic acids is 2. The number of methoxy groups -OCH3 is 1. The maximum Gasteiger partial charge on any atom is 0.341 e. The van der Waals surface area contributed by atoms with Crippen LogP contribution in [0.5, 0.6) is 0 Å². The molecule has 134 valence electrons. The molecule has 6 heteroatoms. The van der Waals surface area contributed by atoms with E-state index in [1.54, 1.807) is 0 Å². The molecule has 0 radical (unpaired) electrons. The van der Waals surface area contributed by atoms with E-state index < -0.39 is 11.9 Å². The molecule has 6 nitrogen and oxygen atoms in total. The molecule has 0 aliphatic rings. The predicted molar refractivity (Wildman–Crippen MR) is 92.3 cm³/mol. The number of carbonyl (C=O) groups is 2. The van der Waals surface area contributed by atoms with E-state index in [-0.39, 0.29) is 24.4 Å². The van der Waals surface area contributed by atoms with Gasteiger partial charge in [0.15, 0.2) is 5.76 Å². The van der Waals surface area contributed by atoms with Gasteiger partial charge in [0.2, 0.25) is 0 Å². The molecule has 3 aromatic rings. The van der Waals surface area contributed by atoms with Crippen LogP contribution in [0.15, 0.2) is 63.6 Å². The smallest absolute Gasteiger partial charge is 0.341 e. The Kier molecular flexibility index (Phi) is 5.53. The van der Waals surface area contributed by atoms with Gasteiger partial charge in [-0.25, -0.2) is 4.79 Å². The summed E-state index contributed by atoms with van der Waals surface area (Å²) in [5, 5.41) is 0. The van der Waals surface area contributed by atoms with Crippen LogP contribution in [0, 0.1) is 0 Å². The van der Waals surface area contributed by atoms with Gasteiger partial charge in [-0.2, -0.15) is 0 Å². The summed E-state index contributed by atoms with van der Waals surface area (Å²) in [7, 11) is 1.28. The lowest BCUT2D eigenvalue weighted by molar-refractivity contribution is -0.145. The third-order valence-corrected chi connectivity index (χ3v) is 3.81. The molecule has 0 saturated heterocycles. The zero-order valence-corrected chi connectivity index (χ0v) is 14.3. The highest BCUT2D eigenvalue weighted by molar-refractivity contribution is 5.90. The fraction of sp³-hybridized carbons (Fsp3) is 0.200. The number of benzene rings is 1. The molecule has 0 spiro atoms. The summed E-state index contributed by atoms with van der Waals surface area (Å²) >= 11 is 0. The van der Waals surface area contributed by atoms with Gasteiger partial charge >= 0.3 is 11.9 Å². The molecule has 26 heavy (non-hydrogen) atoms. The first-order valence-corrected chi connectivity index (χ1v) is 8.12. The van der Waals surface area contributed by atoms with Crippen molar-refractivity contribution in [3.05, 3.63) is 71.9 Å². The van der Waals surface area contributed by atoms with Crippen LogP contribution in [0.25, 0.3) is 11.3 Å². The average molecular weight is 354 g/mol. The first-order valence-electron chi connectivity index (χ1n) is 8.12. The molecule has 0 unspecified atom stereocenters. The third-order valence-electron chi connectivity index (χ3n) is 3.81. The van der Waals surface area contributed by atoms with Crippen LogP contribution in [0.2, 0.25) is 0 Å². The second-order valence-corrected chi connectivity index (χ2v) is 5.54. The van der Waals surface area contributed by atoms with Crippen molar-refractivity contribution in [3.8, 4) is 11.3 Å². The number of rotatable bonds is 7. The zero-order valence-electron chi connectivity index (χ0n) is 14.3. The van der Waals surface area contributed by atoms with E-state index in [2.05, 4.69) is 4.74 Å². The quantitative estimate of drug-likeness (QED) is 0.597. The first kappa shape index (κ1) is 17.5. The molecular formula is C20H18O6. The molecule has 3 rings (SSSR count). The van der Waals surface area contributed by atoms with Crippen LogP contribution in [-0.4, -0.2) is 19.0 Å². The molecule has 2 heterocycles. The summed E-state index contributed by atoms with van der Waals surface area (Å²) in [6, 6.07) is 14.9. The molecule has 0 saturated carbocycles. The summed E-state index contributed by atoms with van der Waals surface area (Å²) in [5.74, 6) is 0.777. The molecule has 2 aromatic heterocycles. The SMILES string of the molecule is COC(=O)c1ccoc1COC(=O)CCc1ccc(-c2ccccc2)o1. The summed E-state index contributed by atoms with van der Waals surface area (Å²) in [6.07, 6.45) is 1.94. The number of furan rings is 2. The Morgan fingerprint density at radius 3 is 2.62 bits per heavy atom. The van der Waals surface area contributed by atoms with Gasteiger partial charge in [0.05, 0.1) is 19.8 Å². The van der Waals surface area contributed by atoms with Gasteiger partial charge in [0.25, 0.3) is 0 Å². The van der Waals surface area contributed by atoms with Gasteiger partial charge < -0.3 is 18.3 Å². The van der Waals surface area contributed by atoms with Crippen LogP contribution in [0.4, 0.5) is 0 Å². The molecule has 0 aliphatic carbocycles. The van der Waals surface area contributed by atoms with Crippen molar-refractivity contribution in [1.29, 1.82) is 0 Å². The van der Waals surface area contributed by atoms with Crippen LogP contribution in [0.3, 0.4) is 0 Å². The molecule has 0 amide bonds. The fourth-order valence-corrected chi connectivity index (χ4v) is 2.46. The fourth-order valence-electron chi connectivity index (χ4n) is 2.46. The van der Waals surface area contributed by atoms with Crippen LogP contribution < -0.4 is 0 Å². The van der Waals surface area contributed by atoms with Gasteiger partial charge in [-0.15, -0.1) is 0 Å². The largest absolute Gasteiger partial charge is 0.465 e. The lowest BCUT2D eigenvalue weighted by atomic mass is 10.2. The standard InChI is InChI=1S/C20H18O6/c1-23-20(22)16-11-12-24-18(16)13-25-19(21)10-8-15-7-9-17(26-15)14-5-3-2-4-6-14/h2-7,9,11-12H,8,10,13H2,1H3. The van der Waals surface area contributed by atoms with E-state index in [1.807, 2.05) is 42.5 Å². The van der Waals surface area contributed by atoms with E-state index in [4.69, 9.17) is 13.6 Å². The minimum Gasteiger partial charge on any atom is -0.465 e. The highest BCUT2D eigenvalue weighted by Gasteiger charge is 2.17. The highest BCUT2D eigenvalue weighted by atomic mass is 16.5. The number of ether oxygens (including phenoxy) is 2. The molecule has 1 aromatic carbocycles. The number of hydrogen-bond acceptors (Lipinski definition) is 6. The van der Waals surface area contributed by atoms with E-state index in [1.165, 1.54) is 19.4 Å². The molecule has 0 fully saturated rings. The topological polar surface area (TPSA) is 78.9 Å². The van der Waals surface area contributed by atoms with Crippen molar-refractivity contribution in [2.75, 3.05) is 7.11 Å². The lowest BCUT2D eigenvalue weighted by Gasteiger charge is -2.04. The van der Waals surface area contributed by atoms with E-state index >= 15 is 0 Å². The first-order chi connectivity index (χ1) is 12.7. The monoisotopic (exact) mass is 354 g/mol. The predicted octanol–water partition coefficient (Wildman–Crippen LogP) is 4.00. The molecule has 0 N–H and O–H groups in total. The summed E-state index contributed by atoms with van der Waals surface area (Å²) in [4.78, 5) is 23.5. The second kappa shape index (κ2) is 8.20. The van der Waals surface area contributed by atoms with Gasteiger partial charge in [0, 0.05) is 12.0 Å². The minimum absolute atomic E-state index is 0.121. The second-order valence-electron chi connectivity index (χ2n) is 5.54. The Bertz CT molecular complexity index is 875. The van der Waals surface area contributed by atoms with Crippen molar-refractivity contribution in [1.82, 2.24) is 0 Å². The van der Waals surface area contributed by atoms with E-state index in [0.29, 0.717) is 12.2 Å². The van der Waals surface area contributed by atoms with Gasteiger partial charge in [-0.1, -0.05) is 30.3 Å². The van der Waals surface area contributed by atoms with Crippen molar-refractivity contribution in [2.45, 2.75) is 19.4 Å². The Morgan fingerprint density at radius 1 is 1.04 bits per heavy atom. The third kappa shape index (κ3) is 4.22. The van der Waals surface area contributed by atoms with Crippen molar-refractivity contribution >= 4 is 11.9 Å². The zero-order chi connectivity index (χ0) is 18.4. The van der Waals surface area contributed by atoms with Crippen molar-refractivity contribution in [3.63, 3.8) is 0 Å². The van der Waals surface area contributed by atoms with E-state index in [0.717, 1.165) is 11.3 Å². The van der Waals surface area contributed by atoms with Gasteiger partial charge in [0.1, 0.15) is 23.7 Å². The van der Waals surface area contributed by atoms with Gasteiger partial charge in [-0.05, 0) is 18.2 Å². The molecule has 0 bridgehead atoms. The molecule has 0 atom stereocenters. The Morgan fingerprint density at radius 2 is 1.85 bits per heavy atom. The number of aryl methyl sites for hydroxylation is 1. The number of esters is 2. The van der Waals surface area contributed by atoms with Crippen molar-refractivity contribution in [2.24, 2.45) is 0 Å². The molecular weight excluding hydrogens is 336 g/mol.